The average molecular weight is 366 g/mol. The van der Waals surface area contributed by atoms with Crippen LogP contribution in [-0.4, -0.2) is 21.0 Å². The van der Waals surface area contributed by atoms with Gasteiger partial charge in [-0.1, -0.05) is 0 Å². The second-order valence-electron chi connectivity index (χ2n) is 5.26. The van der Waals surface area contributed by atoms with Gasteiger partial charge in [0.1, 0.15) is 17.7 Å². The highest BCUT2D eigenvalue weighted by atomic mass is 19.1. The zero-order chi connectivity index (χ0) is 19.6. The van der Waals surface area contributed by atoms with Crippen molar-refractivity contribution in [2.75, 3.05) is 0 Å². The summed E-state index contributed by atoms with van der Waals surface area (Å²) in [5.74, 6) is -1.74. The lowest BCUT2D eigenvalue weighted by atomic mass is 10.1. The van der Waals surface area contributed by atoms with Crippen LogP contribution < -0.4 is 4.74 Å². The molecule has 0 fully saturated rings. The maximum absolute atomic E-state index is 13.8. The summed E-state index contributed by atoms with van der Waals surface area (Å²) >= 11 is 0. The van der Waals surface area contributed by atoms with Crippen LogP contribution in [0.4, 0.5) is 13.6 Å². The van der Waals surface area contributed by atoms with Gasteiger partial charge in [-0.2, -0.15) is 10.5 Å². The Kier molecular flexibility index (Phi) is 4.52. The van der Waals surface area contributed by atoms with Crippen molar-refractivity contribution < 1.29 is 23.4 Å². The Morgan fingerprint density at radius 2 is 1.89 bits per heavy atom. The number of hydrogen-bond acceptors (Lipinski definition) is 5. The first-order valence-electron chi connectivity index (χ1n) is 7.33. The molecule has 0 unspecified atom stereocenters. The fourth-order valence-electron chi connectivity index (χ4n) is 2.43. The van der Waals surface area contributed by atoms with Gasteiger partial charge >= 0.3 is 6.16 Å². The van der Waals surface area contributed by atoms with E-state index in [1.807, 2.05) is 6.07 Å². The number of aromatic nitrogens is 2. The van der Waals surface area contributed by atoms with Crippen LogP contribution in [0.5, 0.6) is 5.88 Å². The van der Waals surface area contributed by atoms with E-state index in [0.717, 1.165) is 22.9 Å². The van der Waals surface area contributed by atoms with Crippen molar-refractivity contribution in [2.45, 2.75) is 0 Å². The molecule has 0 saturated heterocycles. The summed E-state index contributed by atoms with van der Waals surface area (Å²) in [4.78, 5) is 10.8. The predicted molar refractivity (Wildman–Crippen MR) is 87.0 cm³/mol. The average Bonchev–Trinajstić information content (AvgIpc) is 3.04. The summed E-state index contributed by atoms with van der Waals surface area (Å²) in [7, 11) is 0. The van der Waals surface area contributed by atoms with E-state index in [2.05, 4.69) is 9.84 Å². The third kappa shape index (κ3) is 3.57. The Labute approximate surface area is 150 Å². The van der Waals surface area contributed by atoms with Gasteiger partial charge in [0.25, 0.3) is 0 Å². The standard InChI is InChI=1S/C18H8F2N4O3/c19-13-4-10(8-21)3-11(5-13)16-7-17(27-18(25)26)23-24(16)14-1-2-15(20)12(6-14)9-22/h1-7H,(H,25,26). The van der Waals surface area contributed by atoms with Gasteiger partial charge in [-0.25, -0.2) is 18.3 Å². The van der Waals surface area contributed by atoms with Gasteiger partial charge in [-0.15, -0.1) is 5.10 Å². The molecule has 0 spiro atoms. The van der Waals surface area contributed by atoms with Gasteiger partial charge < -0.3 is 9.84 Å². The largest absolute Gasteiger partial charge is 0.512 e. The third-order valence-corrected chi connectivity index (χ3v) is 3.52. The lowest BCUT2D eigenvalue weighted by molar-refractivity contribution is 0.142. The second kappa shape index (κ2) is 6.94. The topological polar surface area (TPSA) is 112 Å². The minimum Gasteiger partial charge on any atom is -0.449 e. The Morgan fingerprint density at radius 3 is 2.56 bits per heavy atom. The number of nitriles is 2. The molecule has 7 nitrogen and oxygen atoms in total. The molecule has 1 heterocycles. The zero-order valence-corrected chi connectivity index (χ0v) is 13.3. The molecular formula is C18H8F2N4O3. The molecule has 3 rings (SSSR count). The maximum atomic E-state index is 13.8. The van der Waals surface area contributed by atoms with Crippen LogP contribution in [0.2, 0.25) is 0 Å². The molecule has 0 atom stereocenters. The molecule has 0 saturated carbocycles. The van der Waals surface area contributed by atoms with Gasteiger partial charge in [0, 0.05) is 11.6 Å². The molecule has 27 heavy (non-hydrogen) atoms. The number of ether oxygens (including phenoxy) is 1. The van der Waals surface area contributed by atoms with Crippen LogP contribution in [0.3, 0.4) is 0 Å². The second-order valence-corrected chi connectivity index (χ2v) is 5.26. The van der Waals surface area contributed by atoms with Crippen LogP contribution in [-0.2, 0) is 0 Å². The van der Waals surface area contributed by atoms with E-state index in [-0.39, 0.29) is 34.0 Å². The molecule has 2 aromatic carbocycles. The summed E-state index contributed by atoms with van der Waals surface area (Å²) < 4.78 is 33.1. The lowest BCUT2D eigenvalue weighted by Crippen LogP contribution is -2.05. The molecular weight excluding hydrogens is 358 g/mol. The van der Waals surface area contributed by atoms with Crippen LogP contribution >= 0.6 is 0 Å². The van der Waals surface area contributed by atoms with Crippen LogP contribution in [0.1, 0.15) is 11.1 Å². The molecule has 0 aliphatic carbocycles. The van der Waals surface area contributed by atoms with E-state index >= 15 is 0 Å². The fourth-order valence-corrected chi connectivity index (χ4v) is 2.43. The van der Waals surface area contributed by atoms with Gasteiger partial charge in [0.2, 0.25) is 5.88 Å². The molecule has 0 aliphatic rings. The summed E-state index contributed by atoms with van der Waals surface area (Å²) in [6.07, 6.45) is -1.61. The van der Waals surface area contributed by atoms with Crippen molar-refractivity contribution >= 4 is 6.16 Å². The monoisotopic (exact) mass is 366 g/mol. The first-order valence-corrected chi connectivity index (χ1v) is 7.33. The summed E-state index contributed by atoms with van der Waals surface area (Å²) in [6, 6.07) is 11.8. The van der Waals surface area contributed by atoms with E-state index in [1.165, 1.54) is 24.3 Å². The van der Waals surface area contributed by atoms with Crippen LogP contribution in [0.25, 0.3) is 16.9 Å². The highest BCUT2D eigenvalue weighted by molar-refractivity contribution is 5.67. The predicted octanol–water partition coefficient (Wildman–Crippen LogP) is 3.62. The summed E-state index contributed by atoms with van der Waals surface area (Å²) in [5.41, 5.74) is 0.382. The Morgan fingerprint density at radius 1 is 1.11 bits per heavy atom. The Hall–Kier alpha value is -4.24. The number of rotatable bonds is 3. The van der Waals surface area contributed by atoms with Crippen molar-refractivity contribution in [3.8, 4) is 35.0 Å². The minimum atomic E-state index is -1.61. The van der Waals surface area contributed by atoms with Gasteiger partial charge in [0.15, 0.2) is 0 Å². The highest BCUT2D eigenvalue weighted by Crippen LogP contribution is 2.29. The third-order valence-electron chi connectivity index (χ3n) is 3.52. The molecule has 0 bridgehead atoms. The lowest BCUT2D eigenvalue weighted by Gasteiger charge is -2.08. The molecule has 0 radical (unpaired) electrons. The minimum absolute atomic E-state index is 0.0373. The van der Waals surface area contributed by atoms with Crippen molar-refractivity contribution in [3.05, 3.63) is 65.2 Å². The van der Waals surface area contributed by atoms with E-state index in [9.17, 15) is 13.6 Å². The smallest absolute Gasteiger partial charge is 0.449 e. The number of halogens is 2. The Balaban J connectivity index is 2.23. The van der Waals surface area contributed by atoms with E-state index in [0.29, 0.717) is 0 Å². The number of benzene rings is 2. The zero-order valence-electron chi connectivity index (χ0n) is 13.3. The summed E-state index contributed by atoms with van der Waals surface area (Å²) in [5, 5.41) is 30.8. The SMILES string of the molecule is N#Cc1cc(F)cc(-c2cc(OC(=O)O)nn2-c2ccc(F)c(C#N)c2)c1. The van der Waals surface area contributed by atoms with Crippen LogP contribution in [0, 0.1) is 34.3 Å². The van der Waals surface area contributed by atoms with Crippen molar-refractivity contribution in [1.82, 2.24) is 9.78 Å². The van der Waals surface area contributed by atoms with Crippen molar-refractivity contribution in [1.29, 1.82) is 10.5 Å². The molecule has 0 aliphatic heterocycles. The summed E-state index contributed by atoms with van der Waals surface area (Å²) in [6.45, 7) is 0. The van der Waals surface area contributed by atoms with Crippen molar-refractivity contribution in [2.24, 2.45) is 0 Å². The van der Waals surface area contributed by atoms with Gasteiger partial charge in [0.05, 0.1) is 28.6 Å². The first-order chi connectivity index (χ1) is 12.9. The molecule has 0 amide bonds. The van der Waals surface area contributed by atoms with Crippen molar-refractivity contribution in [3.63, 3.8) is 0 Å². The van der Waals surface area contributed by atoms with E-state index in [1.54, 1.807) is 6.07 Å². The Bertz CT molecular complexity index is 1140. The van der Waals surface area contributed by atoms with Crippen LogP contribution in [0.15, 0.2) is 42.5 Å². The maximum Gasteiger partial charge on any atom is 0.512 e. The highest BCUT2D eigenvalue weighted by Gasteiger charge is 2.17. The molecule has 9 heteroatoms. The van der Waals surface area contributed by atoms with Gasteiger partial charge in [-0.05, 0) is 36.4 Å². The fraction of sp³-hybridized carbons (Fsp3) is 0. The van der Waals surface area contributed by atoms with E-state index in [4.69, 9.17) is 15.6 Å². The number of carboxylic acid groups (broad SMARTS) is 1. The van der Waals surface area contributed by atoms with Gasteiger partial charge in [-0.3, -0.25) is 0 Å². The number of carbonyl (C=O) groups is 1. The first kappa shape index (κ1) is 17.6. The molecule has 132 valence electrons. The number of nitrogens with zero attached hydrogens (tertiary/aromatic N) is 4. The molecule has 1 aromatic heterocycles. The van der Waals surface area contributed by atoms with E-state index < -0.39 is 17.8 Å². The molecule has 3 aromatic rings. The normalized spacial score (nSPS) is 10.1. The molecule has 1 N–H and O–H groups in total. The number of hydrogen-bond donors (Lipinski definition) is 1. The quantitative estimate of drug-likeness (QED) is 0.709.